The third kappa shape index (κ3) is 3.60. The molecule has 0 atom stereocenters. The second-order valence-corrected chi connectivity index (χ2v) is 5.08. The van der Waals surface area contributed by atoms with E-state index < -0.39 is 11.7 Å². The summed E-state index contributed by atoms with van der Waals surface area (Å²) in [5, 5.41) is 2.74. The van der Waals surface area contributed by atoms with Crippen LogP contribution < -0.4 is 10.1 Å². The predicted molar refractivity (Wildman–Crippen MR) is 81.4 cm³/mol. The maximum absolute atomic E-state index is 13.3. The van der Waals surface area contributed by atoms with Gasteiger partial charge < -0.3 is 10.1 Å². The van der Waals surface area contributed by atoms with Gasteiger partial charge in [0.1, 0.15) is 11.6 Å². The summed E-state index contributed by atoms with van der Waals surface area (Å²) in [7, 11) is 1.45. The number of carbonyl (C=O) groups is 1. The van der Waals surface area contributed by atoms with Gasteiger partial charge in [0, 0.05) is 5.69 Å². The van der Waals surface area contributed by atoms with E-state index in [2.05, 4.69) is 19.2 Å². The molecule has 4 heteroatoms. The zero-order valence-electron chi connectivity index (χ0n) is 12.3. The van der Waals surface area contributed by atoms with E-state index in [9.17, 15) is 9.18 Å². The summed E-state index contributed by atoms with van der Waals surface area (Å²) in [5.74, 6) is -0.106. The lowest BCUT2D eigenvalue weighted by atomic mass is 10.0. The van der Waals surface area contributed by atoms with Gasteiger partial charge in [-0.05, 0) is 41.8 Å². The van der Waals surface area contributed by atoms with Crippen LogP contribution in [-0.2, 0) is 0 Å². The highest BCUT2D eigenvalue weighted by Crippen LogP contribution is 2.22. The fourth-order valence-electron chi connectivity index (χ4n) is 2.01. The first kappa shape index (κ1) is 15.0. The molecule has 0 saturated heterocycles. The topological polar surface area (TPSA) is 38.3 Å². The Morgan fingerprint density at radius 1 is 1.14 bits per heavy atom. The van der Waals surface area contributed by atoms with Gasteiger partial charge >= 0.3 is 0 Å². The Hall–Kier alpha value is -2.36. The van der Waals surface area contributed by atoms with Crippen LogP contribution >= 0.6 is 0 Å². The van der Waals surface area contributed by atoms with E-state index >= 15 is 0 Å². The summed E-state index contributed by atoms with van der Waals surface area (Å²) in [4.78, 5) is 12.2. The fourth-order valence-corrected chi connectivity index (χ4v) is 2.01. The van der Waals surface area contributed by atoms with Crippen molar-refractivity contribution in [2.75, 3.05) is 12.4 Å². The third-order valence-electron chi connectivity index (χ3n) is 3.24. The molecular weight excluding hydrogens is 269 g/mol. The maximum atomic E-state index is 13.3. The van der Waals surface area contributed by atoms with Gasteiger partial charge in [-0.1, -0.05) is 26.0 Å². The van der Waals surface area contributed by atoms with Crippen LogP contribution in [0.4, 0.5) is 10.1 Å². The molecule has 0 aliphatic heterocycles. The van der Waals surface area contributed by atoms with Crippen LogP contribution in [0.25, 0.3) is 0 Å². The van der Waals surface area contributed by atoms with Crippen LogP contribution in [0.2, 0.25) is 0 Å². The average Bonchev–Trinajstić information content (AvgIpc) is 2.47. The normalized spacial score (nSPS) is 10.5. The minimum atomic E-state index is -0.476. The van der Waals surface area contributed by atoms with Crippen molar-refractivity contribution in [2.24, 2.45) is 0 Å². The maximum Gasteiger partial charge on any atom is 0.259 e. The lowest BCUT2D eigenvalue weighted by Crippen LogP contribution is -2.13. The molecule has 1 N–H and O–H groups in total. The van der Waals surface area contributed by atoms with Crippen LogP contribution in [-0.4, -0.2) is 13.0 Å². The molecule has 0 heterocycles. The molecule has 3 nitrogen and oxygen atoms in total. The highest BCUT2D eigenvalue weighted by Gasteiger charge is 2.13. The summed E-state index contributed by atoms with van der Waals surface area (Å²) in [6.07, 6.45) is 0. The molecule has 0 aliphatic rings. The zero-order chi connectivity index (χ0) is 15.4. The van der Waals surface area contributed by atoms with Gasteiger partial charge in [0.15, 0.2) is 0 Å². The molecule has 110 valence electrons. The van der Waals surface area contributed by atoms with E-state index in [0.29, 0.717) is 17.4 Å². The van der Waals surface area contributed by atoms with Gasteiger partial charge in [-0.3, -0.25) is 4.79 Å². The summed E-state index contributed by atoms with van der Waals surface area (Å²) in [6.45, 7) is 4.20. The van der Waals surface area contributed by atoms with Gasteiger partial charge in [0.25, 0.3) is 5.91 Å². The molecule has 0 saturated carbocycles. The fraction of sp³-hybridized carbons (Fsp3) is 0.235. The molecule has 0 radical (unpaired) electrons. The molecule has 21 heavy (non-hydrogen) atoms. The average molecular weight is 287 g/mol. The number of benzene rings is 2. The van der Waals surface area contributed by atoms with E-state index in [1.165, 1.54) is 24.8 Å². The molecule has 0 unspecified atom stereocenters. The van der Waals surface area contributed by atoms with E-state index in [4.69, 9.17) is 4.74 Å². The van der Waals surface area contributed by atoms with Crippen molar-refractivity contribution in [3.63, 3.8) is 0 Å². The van der Waals surface area contributed by atoms with Crippen LogP contribution in [0.1, 0.15) is 35.7 Å². The minimum absolute atomic E-state index is 0.172. The molecular formula is C17H18FNO2. The van der Waals surface area contributed by atoms with Crippen LogP contribution in [0.15, 0.2) is 42.5 Å². The van der Waals surface area contributed by atoms with Crippen molar-refractivity contribution >= 4 is 11.6 Å². The van der Waals surface area contributed by atoms with Crippen molar-refractivity contribution in [1.29, 1.82) is 0 Å². The molecule has 1 amide bonds. The quantitative estimate of drug-likeness (QED) is 0.914. The van der Waals surface area contributed by atoms with Gasteiger partial charge in [-0.15, -0.1) is 0 Å². The first-order valence-electron chi connectivity index (χ1n) is 6.76. The molecule has 2 rings (SSSR count). The molecule has 0 bridgehead atoms. The van der Waals surface area contributed by atoms with Crippen molar-refractivity contribution < 1.29 is 13.9 Å². The smallest absolute Gasteiger partial charge is 0.259 e. The number of anilines is 1. The lowest BCUT2D eigenvalue weighted by Gasteiger charge is -2.11. The number of methoxy groups -OCH3 is 1. The van der Waals surface area contributed by atoms with Crippen molar-refractivity contribution in [1.82, 2.24) is 0 Å². The van der Waals surface area contributed by atoms with Crippen molar-refractivity contribution in [2.45, 2.75) is 19.8 Å². The molecule has 0 aromatic heterocycles. The first-order valence-corrected chi connectivity index (χ1v) is 6.76. The number of hydrogen-bond acceptors (Lipinski definition) is 2. The minimum Gasteiger partial charge on any atom is -0.496 e. The van der Waals surface area contributed by atoms with Gasteiger partial charge in [-0.2, -0.15) is 0 Å². The largest absolute Gasteiger partial charge is 0.496 e. The monoisotopic (exact) mass is 287 g/mol. The molecule has 0 spiro atoms. The van der Waals surface area contributed by atoms with E-state index in [1.54, 1.807) is 0 Å². The number of amides is 1. The van der Waals surface area contributed by atoms with Crippen LogP contribution in [0, 0.1) is 5.82 Å². The van der Waals surface area contributed by atoms with Crippen molar-refractivity contribution in [3.05, 3.63) is 59.4 Å². The second kappa shape index (κ2) is 6.39. The Morgan fingerprint density at radius 2 is 1.81 bits per heavy atom. The Bertz CT molecular complexity index is 636. The highest BCUT2D eigenvalue weighted by molar-refractivity contribution is 6.06. The predicted octanol–water partition coefficient (Wildman–Crippen LogP) is 4.21. The number of ether oxygens (including phenoxy) is 1. The summed E-state index contributed by atoms with van der Waals surface area (Å²) in [5.41, 5.74) is 2.03. The van der Waals surface area contributed by atoms with Gasteiger partial charge in [0.2, 0.25) is 0 Å². The van der Waals surface area contributed by atoms with E-state index in [0.717, 1.165) is 6.07 Å². The second-order valence-electron chi connectivity index (χ2n) is 5.08. The Balaban J connectivity index is 2.19. The number of hydrogen-bond donors (Lipinski definition) is 1. The lowest BCUT2D eigenvalue weighted by molar-refractivity contribution is 0.102. The zero-order valence-corrected chi connectivity index (χ0v) is 12.3. The molecule has 0 fully saturated rings. The van der Waals surface area contributed by atoms with Gasteiger partial charge in [-0.25, -0.2) is 4.39 Å². The summed E-state index contributed by atoms with van der Waals surface area (Å²) < 4.78 is 18.4. The number of halogens is 1. The van der Waals surface area contributed by atoms with E-state index in [1.807, 2.05) is 24.3 Å². The number of nitrogens with one attached hydrogen (secondary N) is 1. The number of carbonyl (C=O) groups excluding carboxylic acids is 1. The number of rotatable bonds is 4. The van der Waals surface area contributed by atoms with Crippen LogP contribution in [0.3, 0.4) is 0 Å². The van der Waals surface area contributed by atoms with Crippen molar-refractivity contribution in [3.8, 4) is 5.75 Å². The standard InChI is InChI=1S/C17H18FNO2/c1-11(2)12-4-7-14(8-5-12)19-17(20)15-10-13(18)6-9-16(15)21-3/h4-11H,1-3H3,(H,19,20). The Labute approximate surface area is 123 Å². The Kier molecular flexibility index (Phi) is 4.58. The van der Waals surface area contributed by atoms with Gasteiger partial charge in [0.05, 0.1) is 12.7 Å². The molecule has 2 aromatic carbocycles. The SMILES string of the molecule is COc1ccc(F)cc1C(=O)Nc1ccc(C(C)C)cc1. The third-order valence-corrected chi connectivity index (χ3v) is 3.24. The summed E-state index contributed by atoms with van der Waals surface area (Å²) >= 11 is 0. The summed E-state index contributed by atoms with van der Waals surface area (Å²) in [6, 6.07) is 11.4. The Morgan fingerprint density at radius 3 is 2.38 bits per heavy atom. The highest BCUT2D eigenvalue weighted by atomic mass is 19.1. The van der Waals surface area contributed by atoms with Crippen LogP contribution in [0.5, 0.6) is 5.75 Å². The molecule has 0 aliphatic carbocycles. The first-order chi connectivity index (χ1) is 10.0. The van der Waals surface area contributed by atoms with E-state index in [-0.39, 0.29) is 5.56 Å². The molecule has 2 aromatic rings.